The van der Waals surface area contributed by atoms with Gasteiger partial charge in [0, 0.05) is 6.04 Å². The molecule has 0 atom stereocenters. The summed E-state index contributed by atoms with van der Waals surface area (Å²) in [7, 11) is 0. The molecule has 1 saturated heterocycles. The molecule has 1 aliphatic heterocycles. The zero-order valence-electron chi connectivity index (χ0n) is 18.7. The van der Waals surface area contributed by atoms with E-state index in [1.807, 2.05) is 12.1 Å². The van der Waals surface area contributed by atoms with Crippen molar-refractivity contribution in [2.24, 2.45) is 4.99 Å². The minimum absolute atomic E-state index is 0.0943. The third kappa shape index (κ3) is 5.84. The quantitative estimate of drug-likeness (QED) is 0.551. The number of carbonyl (C=O) groups is 1. The normalized spacial score (nSPS) is 17.1. The van der Waals surface area contributed by atoms with Gasteiger partial charge in [-0.1, -0.05) is 0 Å². The van der Waals surface area contributed by atoms with Gasteiger partial charge in [-0.2, -0.15) is 0 Å². The predicted octanol–water partition coefficient (Wildman–Crippen LogP) is 3.27. The van der Waals surface area contributed by atoms with Gasteiger partial charge in [-0.05, 0) is 25.3 Å². The number of piperazine rings is 1. The van der Waals surface area contributed by atoms with Crippen LogP contribution in [0, 0.1) is 5.82 Å². The van der Waals surface area contributed by atoms with Crippen molar-refractivity contribution in [1.82, 2.24) is 15.2 Å². The Morgan fingerprint density at radius 3 is 2.67 bits per heavy atom. The number of nitrogens with one attached hydrogen (secondary N) is 2. The Balaban J connectivity index is 1.33. The van der Waals surface area contributed by atoms with E-state index in [1.165, 1.54) is 11.5 Å². The number of aromatic nitrogens is 1. The topological polar surface area (TPSA) is 72.9 Å². The fraction of sp³-hybridized carbons (Fsp3) is 0.417. The summed E-state index contributed by atoms with van der Waals surface area (Å²) in [5, 5.41) is 7.44. The molecule has 1 saturated carbocycles. The van der Waals surface area contributed by atoms with Gasteiger partial charge in [0.1, 0.15) is 5.69 Å². The Bertz CT molecular complexity index is 1020. The van der Waals surface area contributed by atoms with Crippen molar-refractivity contribution in [3.8, 4) is 0 Å². The van der Waals surface area contributed by atoms with E-state index >= 15 is 0 Å². The van der Waals surface area contributed by atoms with Crippen molar-refractivity contribution in [1.29, 1.82) is 0 Å². The van der Waals surface area contributed by atoms with Gasteiger partial charge in [0.15, 0.2) is 0 Å². The van der Waals surface area contributed by atoms with Crippen molar-refractivity contribution in [2.45, 2.75) is 38.8 Å². The summed E-state index contributed by atoms with van der Waals surface area (Å²) in [6.07, 6.45) is 6.65. The Kier molecular flexibility index (Phi) is 7.84. The number of hydrogen-bond acceptors (Lipinski definition) is 6. The number of rotatable bonds is 8. The summed E-state index contributed by atoms with van der Waals surface area (Å²) in [6.45, 7) is 5.79. The summed E-state index contributed by atoms with van der Waals surface area (Å²) in [5.74, 6) is -0.447. The Morgan fingerprint density at radius 2 is 2.06 bits per heavy atom. The van der Waals surface area contributed by atoms with E-state index in [0.717, 1.165) is 50.3 Å². The number of anilines is 2. The molecule has 1 amide bonds. The van der Waals surface area contributed by atoms with Gasteiger partial charge >= 0.3 is 144 Å². The molecule has 1 aromatic carbocycles. The standard InChI is InChI=1S/C24H29FN6O.Co/c1-3-27-23-20(25)13-17(14-22(23)26-2)16-30-9-11-31(12-10-30)19-7-8-21(28-15-19)24(32)29-18-5-4-6-18;/h2-3,7-8,13-15,18,26H,4-6,9-12,16H2,1H3,(H,29,32);. The van der Waals surface area contributed by atoms with Gasteiger partial charge < -0.3 is 5.32 Å². The molecule has 177 valence electrons. The van der Waals surface area contributed by atoms with E-state index < -0.39 is 0 Å². The fourth-order valence-corrected chi connectivity index (χ4v) is 4.27. The first-order valence-corrected chi connectivity index (χ1v) is 11.9. The van der Waals surface area contributed by atoms with Gasteiger partial charge in [0.2, 0.25) is 0 Å². The third-order valence-electron chi connectivity index (χ3n) is 6.15. The average Bonchev–Trinajstić information content (AvgIpc) is 2.79. The fourth-order valence-electron chi connectivity index (χ4n) is 4.11. The molecule has 33 heavy (non-hydrogen) atoms. The van der Waals surface area contributed by atoms with Gasteiger partial charge in [-0.15, -0.1) is 0 Å². The molecule has 4 rings (SSSR count). The van der Waals surface area contributed by atoms with Crippen molar-refractivity contribution in [2.75, 3.05) is 36.4 Å². The van der Waals surface area contributed by atoms with Gasteiger partial charge in [-0.25, -0.2) is 4.98 Å². The van der Waals surface area contributed by atoms with E-state index in [0.29, 0.717) is 24.0 Å². The summed E-state index contributed by atoms with van der Waals surface area (Å²) in [5.41, 5.74) is 3.24. The number of amides is 1. The Labute approximate surface area is 201 Å². The number of carbonyl (C=O) groups excluding carboxylic acids is 1. The molecule has 0 spiro atoms. The van der Waals surface area contributed by atoms with E-state index in [4.69, 9.17) is 0 Å². The molecule has 7 nitrogen and oxygen atoms in total. The van der Waals surface area contributed by atoms with Crippen LogP contribution in [0.15, 0.2) is 35.5 Å². The number of halogens is 1. The third-order valence-corrected chi connectivity index (χ3v) is 6.30. The first-order chi connectivity index (χ1) is 16.1. The number of hydrogen-bond donors (Lipinski definition) is 2. The first-order valence-electron chi connectivity index (χ1n) is 11.3. The summed E-state index contributed by atoms with van der Waals surface area (Å²) in [6, 6.07) is 7.53. The van der Waals surface area contributed by atoms with E-state index in [9.17, 15) is 9.18 Å². The van der Waals surface area contributed by atoms with Crippen LogP contribution in [0.1, 0.15) is 42.2 Å². The van der Waals surface area contributed by atoms with Crippen LogP contribution in [0.2, 0.25) is 0 Å². The number of pyridine rings is 1. The van der Waals surface area contributed by atoms with Crippen LogP contribution in [0.5, 0.6) is 0 Å². The second-order valence-electron chi connectivity index (χ2n) is 8.37. The van der Waals surface area contributed by atoms with Crippen LogP contribution in [0.4, 0.5) is 21.5 Å². The summed E-state index contributed by atoms with van der Waals surface area (Å²) in [4.78, 5) is 25.3. The number of aliphatic imine (C=N–C) groups is 1. The van der Waals surface area contributed by atoms with Crippen LogP contribution in [-0.2, 0) is 21.8 Å². The van der Waals surface area contributed by atoms with Gasteiger partial charge in [0.25, 0.3) is 5.91 Å². The van der Waals surface area contributed by atoms with Crippen molar-refractivity contribution in [3.05, 3.63) is 47.5 Å². The number of nitrogens with zero attached hydrogens (tertiary/aromatic N) is 4. The number of benzene rings is 1. The minimum atomic E-state index is -0.353. The molecule has 2 N–H and O–H groups in total. The van der Waals surface area contributed by atoms with E-state index in [2.05, 4.69) is 45.7 Å². The second-order valence-corrected chi connectivity index (χ2v) is 8.67. The summed E-state index contributed by atoms with van der Waals surface area (Å²) < 4.78 is 14.6. The molecule has 1 aliphatic carbocycles. The molecular formula is C24H29CoFN6O. The molecule has 2 aromatic rings. The van der Waals surface area contributed by atoms with Gasteiger partial charge in [0.05, 0.1) is 0 Å². The Morgan fingerprint density at radius 1 is 1.27 bits per heavy atom. The maximum atomic E-state index is 14.6. The summed E-state index contributed by atoms with van der Waals surface area (Å²) >= 11 is 4.13. The van der Waals surface area contributed by atoms with Crippen molar-refractivity contribution < 1.29 is 24.5 Å². The van der Waals surface area contributed by atoms with Crippen molar-refractivity contribution in [3.63, 3.8) is 0 Å². The van der Waals surface area contributed by atoms with E-state index in [1.54, 1.807) is 31.5 Å². The monoisotopic (exact) mass is 495 g/mol. The molecule has 0 radical (unpaired) electrons. The van der Waals surface area contributed by atoms with Crippen LogP contribution in [0.3, 0.4) is 0 Å². The molecular weight excluding hydrogens is 466 g/mol. The van der Waals surface area contributed by atoms with Crippen LogP contribution in [0.25, 0.3) is 0 Å². The molecule has 2 fully saturated rings. The SMILES string of the molecule is CC=Nc1c(F)cc(CN2CCN(c3ccc(C(=O)NC4CCC4)nc3)CC2)cc1N[CH]=[Co]. The van der Waals surface area contributed by atoms with Crippen LogP contribution in [-0.4, -0.2) is 59.3 Å². The molecule has 2 heterocycles. The zero-order valence-corrected chi connectivity index (χ0v) is 19.7. The van der Waals surface area contributed by atoms with Crippen molar-refractivity contribution >= 4 is 34.3 Å². The molecule has 9 heteroatoms. The molecule has 0 unspecified atom stereocenters. The zero-order chi connectivity index (χ0) is 23.2. The molecule has 1 aromatic heterocycles. The maximum absolute atomic E-state index is 14.6. The first kappa shape index (κ1) is 23.5. The van der Waals surface area contributed by atoms with Crippen LogP contribution >= 0.6 is 0 Å². The predicted molar refractivity (Wildman–Crippen MR) is 127 cm³/mol. The second kappa shape index (κ2) is 11.0. The average molecular weight is 495 g/mol. The molecule has 2 aliphatic rings. The Hall–Kier alpha value is -2.62. The van der Waals surface area contributed by atoms with Gasteiger partial charge in [-0.3, -0.25) is 4.79 Å². The van der Waals surface area contributed by atoms with E-state index in [-0.39, 0.29) is 17.4 Å². The molecule has 0 bridgehead atoms. The van der Waals surface area contributed by atoms with Crippen LogP contribution < -0.4 is 15.5 Å².